The Morgan fingerprint density at radius 1 is 1.15 bits per heavy atom. The molecule has 0 radical (unpaired) electrons. The number of hydrogen-bond donors (Lipinski definition) is 4. The van der Waals surface area contributed by atoms with Gasteiger partial charge in [-0.25, -0.2) is 4.79 Å². The molecule has 0 aromatic rings. The van der Waals surface area contributed by atoms with E-state index in [9.17, 15) is 29.4 Å². The number of nitrogens with two attached hydrogens (primary N) is 1. The zero-order valence-electron chi connectivity index (χ0n) is 24.4. The molecule has 0 saturated heterocycles. The molecule has 0 aromatic carbocycles. The van der Waals surface area contributed by atoms with Gasteiger partial charge in [-0.2, -0.15) is 0 Å². The Balaban J connectivity index is 2.66. The molecular weight excluding hydrogens is 536 g/mol. The van der Waals surface area contributed by atoms with Gasteiger partial charge < -0.3 is 40.2 Å². The number of aliphatic hydroxyl groups is 2. The van der Waals surface area contributed by atoms with Crippen molar-refractivity contribution in [1.82, 2.24) is 5.32 Å². The summed E-state index contributed by atoms with van der Waals surface area (Å²) < 4.78 is 21.5. The quantitative estimate of drug-likeness (QED) is 0.283. The zero-order chi connectivity index (χ0) is 31.1. The summed E-state index contributed by atoms with van der Waals surface area (Å²) in [6.45, 7) is 6.23. The molecule has 1 aliphatic heterocycles. The number of amides is 2. The first-order valence-electron chi connectivity index (χ1n) is 13.0. The third-order valence-corrected chi connectivity index (χ3v) is 6.97. The molecule has 1 heterocycles. The summed E-state index contributed by atoms with van der Waals surface area (Å²) in [6.07, 6.45) is 1.53. The molecule has 1 unspecified atom stereocenters. The SMILES string of the molecule is COC1=C2C[C@@H](C)C[C@H](OC)[C@H](O)C(C)(O)/C=C(\C)[C@H](OC(N)=O)[C@@H](OC)/C=C\C=C(/C)C(=O)NC(=CC1=O)C2=O. The van der Waals surface area contributed by atoms with Crippen molar-refractivity contribution < 1.29 is 48.3 Å². The van der Waals surface area contributed by atoms with Gasteiger partial charge in [-0.1, -0.05) is 25.2 Å². The van der Waals surface area contributed by atoms with E-state index in [0.29, 0.717) is 5.57 Å². The van der Waals surface area contributed by atoms with Gasteiger partial charge in [0.25, 0.3) is 5.91 Å². The molecule has 2 bridgehead atoms. The maximum absolute atomic E-state index is 13.3. The van der Waals surface area contributed by atoms with Crippen LogP contribution in [-0.2, 0) is 33.3 Å². The van der Waals surface area contributed by atoms with Gasteiger partial charge in [0, 0.05) is 31.4 Å². The lowest BCUT2D eigenvalue weighted by atomic mass is 9.84. The van der Waals surface area contributed by atoms with E-state index >= 15 is 0 Å². The van der Waals surface area contributed by atoms with Gasteiger partial charge in [0.1, 0.15) is 17.8 Å². The summed E-state index contributed by atoms with van der Waals surface area (Å²) >= 11 is 0. The molecule has 0 saturated carbocycles. The Labute approximate surface area is 239 Å². The third kappa shape index (κ3) is 8.46. The molecule has 2 rings (SSSR count). The molecule has 41 heavy (non-hydrogen) atoms. The van der Waals surface area contributed by atoms with E-state index < -0.39 is 53.6 Å². The minimum Gasteiger partial charge on any atom is -0.492 e. The highest BCUT2D eigenvalue weighted by Crippen LogP contribution is 2.30. The van der Waals surface area contributed by atoms with Crippen LogP contribution in [-0.4, -0.2) is 85.1 Å². The molecule has 12 heteroatoms. The number of primary amides is 1. The van der Waals surface area contributed by atoms with E-state index in [1.807, 2.05) is 0 Å². The second-order valence-electron chi connectivity index (χ2n) is 10.4. The predicted molar refractivity (Wildman–Crippen MR) is 148 cm³/mol. The highest BCUT2D eigenvalue weighted by Gasteiger charge is 2.38. The summed E-state index contributed by atoms with van der Waals surface area (Å²) in [6, 6.07) is 0. The first-order valence-corrected chi connectivity index (χ1v) is 13.0. The molecule has 0 spiro atoms. The lowest BCUT2D eigenvalue weighted by Gasteiger charge is -2.34. The number of allylic oxidation sites excluding steroid dienone is 4. The number of fused-ring (bicyclic) bond motifs is 2. The molecule has 226 valence electrons. The number of hydrogen-bond acceptors (Lipinski definition) is 10. The third-order valence-electron chi connectivity index (χ3n) is 6.97. The van der Waals surface area contributed by atoms with Gasteiger partial charge in [0.2, 0.25) is 11.6 Å². The van der Waals surface area contributed by atoms with Crippen LogP contribution in [0.5, 0.6) is 0 Å². The molecule has 1 aliphatic carbocycles. The molecule has 5 N–H and O–H groups in total. The van der Waals surface area contributed by atoms with Crippen LogP contribution in [0.15, 0.2) is 58.6 Å². The molecule has 2 aliphatic rings. The van der Waals surface area contributed by atoms with Crippen LogP contribution in [0.1, 0.15) is 40.5 Å². The molecule has 0 fully saturated rings. The number of ether oxygens (including phenoxy) is 4. The van der Waals surface area contributed by atoms with Crippen LogP contribution in [0.2, 0.25) is 0 Å². The van der Waals surface area contributed by atoms with E-state index in [4.69, 9.17) is 24.7 Å². The van der Waals surface area contributed by atoms with E-state index in [0.717, 1.165) is 6.08 Å². The van der Waals surface area contributed by atoms with Crippen LogP contribution in [0.3, 0.4) is 0 Å². The first-order chi connectivity index (χ1) is 19.2. The lowest BCUT2D eigenvalue weighted by Crippen LogP contribution is -2.48. The average molecular weight is 577 g/mol. The Kier molecular flexibility index (Phi) is 11.8. The maximum Gasteiger partial charge on any atom is 0.405 e. The summed E-state index contributed by atoms with van der Waals surface area (Å²) in [5.41, 5.74) is 3.81. The molecule has 6 atom stereocenters. The van der Waals surface area contributed by atoms with Crippen LogP contribution < -0.4 is 11.1 Å². The van der Waals surface area contributed by atoms with Crippen molar-refractivity contribution in [2.24, 2.45) is 11.7 Å². The van der Waals surface area contributed by atoms with Crippen molar-refractivity contribution >= 4 is 23.6 Å². The summed E-state index contributed by atoms with van der Waals surface area (Å²) in [5, 5.41) is 24.9. The Morgan fingerprint density at radius 2 is 1.80 bits per heavy atom. The minimum atomic E-state index is -1.87. The fraction of sp³-hybridized carbons (Fsp3) is 0.517. The van der Waals surface area contributed by atoms with Crippen molar-refractivity contribution in [3.8, 4) is 0 Å². The molecule has 2 amide bonds. The number of aliphatic hydroxyl groups excluding tert-OH is 1. The second-order valence-corrected chi connectivity index (χ2v) is 10.4. The average Bonchev–Trinajstić information content (AvgIpc) is 2.89. The highest BCUT2D eigenvalue weighted by molar-refractivity contribution is 6.23. The Bertz CT molecular complexity index is 1190. The molecule has 0 aromatic heterocycles. The smallest absolute Gasteiger partial charge is 0.405 e. The van der Waals surface area contributed by atoms with E-state index in [-0.39, 0.29) is 41.4 Å². The van der Waals surface area contributed by atoms with Crippen LogP contribution >= 0.6 is 0 Å². The maximum atomic E-state index is 13.3. The van der Waals surface area contributed by atoms with Crippen molar-refractivity contribution in [3.05, 3.63) is 58.6 Å². The van der Waals surface area contributed by atoms with Crippen molar-refractivity contribution in [2.75, 3.05) is 21.3 Å². The van der Waals surface area contributed by atoms with Crippen LogP contribution in [0.4, 0.5) is 4.79 Å². The van der Waals surface area contributed by atoms with E-state index in [2.05, 4.69) is 5.32 Å². The number of methoxy groups -OCH3 is 3. The minimum absolute atomic E-state index is 0.0617. The summed E-state index contributed by atoms with van der Waals surface area (Å²) in [5.74, 6) is -2.26. The Morgan fingerprint density at radius 3 is 2.37 bits per heavy atom. The van der Waals surface area contributed by atoms with Gasteiger partial charge in [0.05, 0.1) is 18.9 Å². The number of carbonyl (C=O) groups excluding carboxylic acids is 4. The normalized spacial score (nSPS) is 34.0. The summed E-state index contributed by atoms with van der Waals surface area (Å²) in [4.78, 5) is 50.7. The number of ketones is 2. The standard InChI is InChI=1S/C29H40N2O10/c1-15-11-18-23(33)19(13-20(32)25(18)40-7)31-27(35)16(2)9-8-10-21(38-5)24(41-28(30)36)17(3)14-29(4,37)26(34)22(12-15)39-6/h8-10,13-15,21-22,24,26,34,37H,11-12H2,1-7H3,(H2,30,36)(H,31,35)/b10-8-,16-9+,17-14+/t15-,21+,22+,24+,26+,29?/m1/s1. The monoisotopic (exact) mass is 576 g/mol. The van der Waals surface area contributed by atoms with Crippen molar-refractivity contribution in [3.63, 3.8) is 0 Å². The first kappa shape index (κ1) is 33.6. The number of nitrogens with one attached hydrogen (secondary N) is 1. The predicted octanol–water partition coefficient (Wildman–Crippen LogP) is 1.52. The van der Waals surface area contributed by atoms with Gasteiger partial charge >= 0.3 is 6.09 Å². The zero-order valence-corrected chi connectivity index (χ0v) is 24.4. The lowest BCUT2D eigenvalue weighted by molar-refractivity contribution is -0.121. The van der Waals surface area contributed by atoms with Crippen LogP contribution in [0.25, 0.3) is 0 Å². The fourth-order valence-corrected chi connectivity index (χ4v) is 4.82. The molecule has 12 nitrogen and oxygen atoms in total. The van der Waals surface area contributed by atoms with E-state index in [1.54, 1.807) is 13.8 Å². The topological polar surface area (TPSA) is 184 Å². The number of carbonyl (C=O) groups is 4. The van der Waals surface area contributed by atoms with Crippen molar-refractivity contribution in [2.45, 2.75) is 70.6 Å². The van der Waals surface area contributed by atoms with Gasteiger partial charge in [-0.15, -0.1) is 0 Å². The van der Waals surface area contributed by atoms with Gasteiger partial charge in [-0.3, -0.25) is 14.4 Å². The van der Waals surface area contributed by atoms with Gasteiger partial charge in [-0.05, 0) is 51.2 Å². The van der Waals surface area contributed by atoms with Crippen LogP contribution in [0, 0.1) is 5.92 Å². The van der Waals surface area contributed by atoms with Gasteiger partial charge in [0.15, 0.2) is 11.9 Å². The Hall–Kier alpha value is -3.58. The van der Waals surface area contributed by atoms with E-state index in [1.165, 1.54) is 59.5 Å². The number of Topliss-reactive ketones (excluding diaryl/α,β-unsaturated/α-hetero) is 1. The molecular formula is C29H40N2O10. The second kappa shape index (κ2) is 14.4. The summed E-state index contributed by atoms with van der Waals surface area (Å²) in [7, 11) is 4.01. The van der Waals surface area contributed by atoms with Crippen molar-refractivity contribution in [1.29, 1.82) is 0 Å². The highest BCUT2D eigenvalue weighted by atomic mass is 16.6. The largest absolute Gasteiger partial charge is 0.492 e. The fourth-order valence-electron chi connectivity index (χ4n) is 4.82. The number of rotatable bonds is 4.